The molecule has 0 bridgehead atoms. The maximum Gasteiger partial charge on any atom is 0.0509 e. The highest BCUT2D eigenvalue weighted by Crippen LogP contribution is 2.35. The van der Waals surface area contributed by atoms with Gasteiger partial charge in [0.2, 0.25) is 0 Å². The van der Waals surface area contributed by atoms with Crippen LogP contribution in [0.4, 0.5) is 0 Å². The molecule has 2 rings (SSSR count). The van der Waals surface area contributed by atoms with E-state index in [1.807, 2.05) is 0 Å². The average molecular weight is 239 g/mol. The molecular formula is C15H29NO. The summed E-state index contributed by atoms with van der Waals surface area (Å²) in [6, 6.07) is 0.401. The monoisotopic (exact) mass is 239 g/mol. The van der Waals surface area contributed by atoms with E-state index in [0.717, 1.165) is 25.0 Å². The molecule has 0 aromatic rings. The van der Waals surface area contributed by atoms with Gasteiger partial charge in [-0.1, -0.05) is 32.6 Å². The minimum atomic E-state index is 0.401. The summed E-state index contributed by atoms with van der Waals surface area (Å²) in [5, 5.41) is 0. The summed E-state index contributed by atoms with van der Waals surface area (Å²) in [4.78, 5) is 0. The molecule has 2 aliphatic rings. The Kier molecular flexibility index (Phi) is 5.30. The second kappa shape index (κ2) is 6.75. The quantitative estimate of drug-likeness (QED) is 0.816. The van der Waals surface area contributed by atoms with Gasteiger partial charge in [-0.25, -0.2) is 0 Å². The van der Waals surface area contributed by atoms with Crippen molar-refractivity contribution in [1.29, 1.82) is 0 Å². The standard InChI is InChI=1S/C15H29NO/c1-2-4-12-6-8-13(9-7-12)15(16)14-5-3-10-17-11-14/h12-15H,2-11,16H2,1H3. The number of ether oxygens (including phenoxy) is 1. The molecule has 1 heterocycles. The highest BCUT2D eigenvalue weighted by molar-refractivity contribution is 4.85. The minimum Gasteiger partial charge on any atom is -0.381 e. The molecule has 2 unspecified atom stereocenters. The lowest BCUT2D eigenvalue weighted by Gasteiger charge is -2.37. The summed E-state index contributed by atoms with van der Waals surface area (Å²) >= 11 is 0. The van der Waals surface area contributed by atoms with Gasteiger partial charge in [0.25, 0.3) is 0 Å². The first kappa shape index (κ1) is 13.4. The first-order valence-electron chi connectivity index (χ1n) is 7.64. The van der Waals surface area contributed by atoms with Gasteiger partial charge >= 0.3 is 0 Å². The molecule has 2 N–H and O–H groups in total. The molecular weight excluding hydrogens is 210 g/mol. The van der Waals surface area contributed by atoms with E-state index >= 15 is 0 Å². The zero-order valence-corrected chi connectivity index (χ0v) is 11.4. The maximum atomic E-state index is 6.46. The van der Waals surface area contributed by atoms with Gasteiger partial charge in [0.05, 0.1) is 6.61 Å². The highest BCUT2D eigenvalue weighted by atomic mass is 16.5. The Morgan fingerprint density at radius 2 is 1.88 bits per heavy atom. The second-order valence-corrected chi connectivity index (χ2v) is 6.12. The van der Waals surface area contributed by atoms with Gasteiger partial charge in [0.1, 0.15) is 0 Å². The summed E-state index contributed by atoms with van der Waals surface area (Å²) < 4.78 is 5.57. The largest absolute Gasteiger partial charge is 0.381 e. The molecule has 1 saturated heterocycles. The molecule has 2 heteroatoms. The van der Waals surface area contributed by atoms with Crippen molar-refractivity contribution in [2.24, 2.45) is 23.5 Å². The van der Waals surface area contributed by atoms with Crippen molar-refractivity contribution in [1.82, 2.24) is 0 Å². The molecule has 2 fully saturated rings. The fraction of sp³-hybridized carbons (Fsp3) is 1.00. The van der Waals surface area contributed by atoms with Crippen LogP contribution < -0.4 is 5.73 Å². The van der Waals surface area contributed by atoms with Crippen molar-refractivity contribution >= 4 is 0 Å². The minimum absolute atomic E-state index is 0.401. The van der Waals surface area contributed by atoms with Crippen LogP contribution in [0.1, 0.15) is 58.3 Å². The smallest absolute Gasteiger partial charge is 0.0509 e. The Balaban J connectivity index is 1.75. The molecule has 1 aliphatic heterocycles. The third-order valence-corrected chi connectivity index (χ3v) is 4.87. The van der Waals surface area contributed by atoms with Gasteiger partial charge in [-0.05, 0) is 43.4 Å². The molecule has 0 spiro atoms. The first-order valence-corrected chi connectivity index (χ1v) is 7.64. The Hall–Kier alpha value is -0.0800. The van der Waals surface area contributed by atoms with Crippen molar-refractivity contribution in [3.8, 4) is 0 Å². The summed E-state index contributed by atoms with van der Waals surface area (Å²) in [6.45, 7) is 4.17. The first-order chi connectivity index (χ1) is 8.31. The zero-order valence-electron chi connectivity index (χ0n) is 11.4. The lowest BCUT2D eigenvalue weighted by Crippen LogP contribution is -2.42. The van der Waals surface area contributed by atoms with Gasteiger partial charge in [0.15, 0.2) is 0 Å². The summed E-state index contributed by atoms with van der Waals surface area (Å²) in [6.07, 6.45) is 10.8. The van der Waals surface area contributed by atoms with E-state index in [1.165, 1.54) is 51.4 Å². The van der Waals surface area contributed by atoms with Crippen molar-refractivity contribution in [2.45, 2.75) is 64.3 Å². The normalized spacial score (nSPS) is 36.7. The number of hydrogen-bond acceptors (Lipinski definition) is 2. The van der Waals surface area contributed by atoms with Gasteiger partial charge in [-0.3, -0.25) is 0 Å². The predicted octanol–water partition coefficient (Wildman–Crippen LogP) is 3.35. The third-order valence-electron chi connectivity index (χ3n) is 4.87. The van der Waals surface area contributed by atoms with E-state index in [9.17, 15) is 0 Å². The van der Waals surface area contributed by atoms with Crippen LogP contribution in [0.25, 0.3) is 0 Å². The fourth-order valence-electron chi connectivity index (χ4n) is 3.72. The predicted molar refractivity (Wildman–Crippen MR) is 71.9 cm³/mol. The Morgan fingerprint density at radius 3 is 2.47 bits per heavy atom. The van der Waals surface area contributed by atoms with Crippen LogP contribution in [0, 0.1) is 17.8 Å². The summed E-state index contributed by atoms with van der Waals surface area (Å²) in [7, 11) is 0. The lowest BCUT2D eigenvalue weighted by atomic mass is 9.73. The van der Waals surface area contributed by atoms with E-state index < -0.39 is 0 Å². The third kappa shape index (κ3) is 3.69. The molecule has 1 aliphatic carbocycles. The molecule has 0 aromatic carbocycles. The lowest BCUT2D eigenvalue weighted by molar-refractivity contribution is 0.0307. The molecule has 2 atom stereocenters. The second-order valence-electron chi connectivity index (χ2n) is 6.12. The fourth-order valence-corrected chi connectivity index (χ4v) is 3.72. The highest BCUT2D eigenvalue weighted by Gasteiger charge is 2.30. The van der Waals surface area contributed by atoms with Crippen molar-refractivity contribution in [2.75, 3.05) is 13.2 Å². The van der Waals surface area contributed by atoms with Gasteiger partial charge in [-0.2, -0.15) is 0 Å². The van der Waals surface area contributed by atoms with Crippen LogP contribution in [0.15, 0.2) is 0 Å². The van der Waals surface area contributed by atoms with E-state index in [0.29, 0.717) is 12.0 Å². The van der Waals surface area contributed by atoms with Gasteiger partial charge in [-0.15, -0.1) is 0 Å². The zero-order chi connectivity index (χ0) is 12.1. The van der Waals surface area contributed by atoms with Gasteiger partial charge < -0.3 is 10.5 Å². The molecule has 1 saturated carbocycles. The Morgan fingerprint density at radius 1 is 1.12 bits per heavy atom. The SMILES string of the molecule is CCCC1CCC(C(N)C2CCCOC2)CC1. The molecule has 0 amide bonds. The van der Waals surface area contributed by atoms with Crippen LogP contribution in [0.3, 0.4) is 0 Å². The molecule has 2 nitrogen and oxygen atoms in total. The van der Waals surface area contributed by atoms with E-state index in [4.69, 9.17) is 10.5 Å². The van der Waals surface area contributed by atoms with Gasteiger partial charge in [0, 0.05) is 12.6 Å². The topological polar surface area (TPSA) is 35.2 Å². The molecule has 17 heavy (non-hydrogen) atoms. The van der Waals surface area contributed by atoms with Crippen LogP contribution in [0.2, 0.25) is 0 Å². The van der Waals surface area contributed by atoms with E-state index in [-0.39, 0.29) is 0 Å². The molecule has 0 aromatic heterocycles. The Bertz CT molecular complexity index is 205. The Labute approximate surface area is 106 Å². The number of nitrogens with two attached hydrogens (primary N) is 1. The summed E-state index contributed by atoms with van der Waals surface area (Å²) in [5.41, 5.74) is 6.46. The van der Waals surface area contributed by atoms with E-state index in [1.54, 1.807) is 0 Å². The van der Waals surface area contributed by atoms with Crippen molar-refractivity contribution < 1.29 is 4.74 Å². The molecule has 100 valence electrons. The summed E-state index contributed by atoms with van der Waals surface area (Å²) in [5.74, 6) is 2.40. The molecule has 0 radical (unpaired) electrons. The van der Waals surface area contributed by atoms with Crippen LogP contribution in [-0.4, -0.2) is 19.3 Å². The van der Waals surface area contributed by atoms with Crippen LogP contribution in [0.5, 0.6) is 0 Å². The number of hydrogen-bond donors (Lipinski definition) is 1. The number of rotatable bonds is 4. The van der Waals surface area contributed by atoms with Crippen LogP contribution >= 0.6 is 0 Å². The average Bonchev–Trinajstić information content (AvgIpc) is 2.40. The van der Waals surface area contributed by atoms with Crippen LogP contribution in [-0.2, 0) is 4.74 Å². The van der Waals surface area contributed by atoms with E-state index in [2.05, 4.69) is 6.92 Å². The maximum absolute atomic E-state index is 6.46. The van der Waals surface area contributed by atoms with Crippen molar-refractivity contribution in [3.63, 3.8) is 0 Å². The van der Waals surface area contributed by atoms with Crippen molar-refractivity contribution in [3.05, 3.63) is 0 Å².